The second-order valence-corrected chi connectivity index (χ2v) is 8.57. The molecule has 3 N–H and O–H groups in total. The number of nitrogens with two attached hydrogens (primary N) is 1. The van der Waals surface area contributed by atoms with Crippen molar-refractivity contribution in [1.29, 1.82) is 0 Å². The Bertz CT molecular complexity index is 981. The van der Waals surface area contributed by atoms with Crippen LogP contribution in [-0.2, 0) is 22.6 Å². The van der Waals surface area contributed by atoms with Crippen molar-refractivity contribution in [1.82, 2.24) is 20.1 Å². The molecule has 1 aromatic heterocycles. The predicted molar refractivity (Wildman–Crippen MR) is 126 cm³/mol. The van der Waals surface area contributed by atoms with Crippen molar-refractivity contribution in [3.8, 4) is 0 Å². The summed E-state index contributed by atoms with van der Waals surface area (Å²) in [7, 11) is 0. The molecule has 0 bridgehead atoms. The van der Waals surface area contributed by atoms with Gasteiger partial charge in [0.1, 0.15) is 0 Å². The molecule has 0 radical (unpaired) electrons. The van der Waals surface area contributed by atoms with Gasteiger partial charge in [-0.05, 0) is 42.5 Å². The molecule has 1 aliphatic heterocycles. The zero-order chi connectivity index (χ0) is 22.8. The third-order valence-electron chi connectivity index (χ3n) is 5.58. The summed E-state index contributed by atoms with van der Waals surface area (Å²) in [6.45, 7) is 3.93. The van der Waals surface area contributed by atoms with Crippen LogP contribution in [-0.4, -0.2) is 51.9 Å². The van der Waals surface area contributed by atoms with E-state index in [1.54, 1.807) is 0 Å². The van der Waals surface area contributed by atoms with Gasteiger partial charge in [-0.15, -0.1) is 5.10 Å². The molecule has 1 fully saturated rings. The standard InChI is InChI=1S/C22H27BrN6.CO2/c23-19-8-6-17(7-9-19)10-13-29(16-18-4-2-1-3-5-18)20-11-14-28(15-12-20)22-25-21(24)26-27-22;2-1-3/h1-9,20H,10-16H2,(H3,24,25,26,27);. The molecular weight excluding hydrogens is 472 g/mol. The van der Waals surface area contributed by atoms with Gasteiger partial charge < -0.3 is 10.6 Å². The highest BCUT2D eigenvalue weighted by atomic mass is 79.9. The Balaban J connectivity index is 0.000000913. The molecule has 2 aromatic carbocycles. The van der Waals surface area contributed by atoms with Gasteiger partial charge in [0, 0.05) is 36.7 Å². The molecule has 0 spiro atoms. The first-order chi connectivity index (χ1) is 15.6. The molecule has 8 nitrogen and oxygen atoms in total. The van der Waals surface area contributed by atoms with Crippen LogP contribution in [0.4, 0.5) is 11.9 Å². The molecule has 1 saturated heterocycles. The first-order valence-corrected chi connectivity index (χ1v) is 11.3. The third-order valence-corrected chi connectivity index (χ3v) is 6.11. The van der Waals surface area contributed by atoms with E-state index in [0.717, 1.165) is 49.9 Å². The van der Waals surface area contributed by atoms with E-state index in [1.807, 2.05) is 0 Å². The van der Waals surface area contributed by atoms with Gasteiger partial charge >= 0.3 is 6.15 Å². The lowest BCUT2D eigenvalue weighted by molar-refractivity contribution is -0.191. The van der Waals surface area contributed by atoms with E-state index in [-0.39, 0.29) is 6.15 Å². The maximum atomic E-state index is 8.12. The Morgan fingerprint density at radius 3 is 2.31 bits per heavy atom. The number of nitrogens with zero attached hydrogens (tertiary/aromatic N) is 4. The summed E-state index contributed by atoms with van der Waals surface area (Å²) in [4.78, 5) is 25.4. The number of nitrogen functional groups attached to an aromatic ring is 1. The number of hydrogen-bond acceptors (Lipinski definition) is 7. The van der Waals surface area contributed by atoms with Crippen molar-refractivity contribution in [2.45, 2.75) is 31.8 Å². The quantitative estimate of drug-likeness (QED) is 0.514. The summed E-state index contributed by atoms with van der Waals surface area (Å²) in [5.74, 6) is 1.09. The zero-order valence-electron chi connectivity index (χ0n) is 17.8. The van der Waals surface area contributed by atoms with Crippen LogP contribution in [0.1, 0.15) is 24.0 Å². The molecular formula is C23H27BrN6O2. The molecule has 9 heteroatoms. The maximum absolute atomic E-state index is 8.12. The lowest BCUT2D eigenvalue weighted by Gasteiger charge is -2.38. The number of carbonyl (C=O) groups excluding carboxylic acids is 2. The van der Waals surface area contributed by atoms with Crippen molar-refractivity contribution >= 4 is 34.0 Å². The number of piperidine rings is 1. The van der Waals surface area contributed by atoms with Crippen LogP contribution in [0.15, 0.2) is 59.1 Å². The van der Waals surface area contributed by atoms with Gasteiger partial charge in [0.15, 0.2) is 0 Å². The Morgan fingerprint density at radius 2 is 1.72 bits per heavy atom. The third kappa shape index (κ3) is 7.02. The lowest BCUT2D eigenvalue weighted by atomic mass is 10.0. The summed E-state index contributed by atoms with van der Waals surface area (Å²) in [5, 5.41) is 6.94. The molecule has 0 aliphatic carbocycles. The highest BCUT2D eigenvalue weighted by Crippen LogP contribution is 2.22. The van der Waals surface area contributed by atoms with E-state index in [4.69, 9.17) is 15.3 Å². The average molecular weight is 499 g/mol. The molecule has 3 aromatic rings. The first kappa shape index (κ1) is 23.7. The normalized spacial score (nSPS) is 14.0. The largest absolute Gasteiger partial charge is 0.373 e. The molecule has 0 unspecified atom stereocenters. The Kier molecular flexibility index (Phi) is 8.98. The minimum Gasteiger partial charge on any atom is -0.368 e. The number of H-pyrrole nitrogens is 1. The van der Waals surface area contributed by atoms with Gasteiger partial charge in [-0.2, -0.15) is 14.6 Å². The number of aromatic nitrogens is 3. The van der Waals surface area contributed by atoms with Crippen molar-refractivity contribution < 1.29 is 9.59 Å². The number of anilines is 2. The SMILES string of the molecule is Nc1nc(N2CCC(N(CCc3ccc(Br)cc3)Cc3ccccc3)CC2)n[nH]1.O=C=O. The molecule has 168 valence electrons. The van der Waals surface area contributed by atoms with E-state index in [1.165, 1.54) is 11.1 Å². The molecule has 0 saturated carbocycles. The van der Waals surface area contributed by atoms with Crippen LogP contribution in [0, 0.1) is 0 Å². The lowest BCUT2D eigenvalue weighted by Crippen LogP contribution is -2.45. The summed E-state index contributed by atoms with van der Waals surface area (Å²) >= 11 is 3.52. The average Bonchev–Trinajstić information content (AvgIpc) is 3.25. The first-order valence-electron chi connectivity index (χ1n) is 10.5. The van der Waals surface area contributed by atoms with Crippen molar-refractivity contribution in [2.75, 3.05) is 30.3 Å². The van der Waals surface area contributed by atoms with Gasteiger partial charge in [-0.25, -0.2) is 5.10 Å². The van der Waals surface area contributed by atoms with E-state index in [9.17, 15) is 0 Å². The van der Waals surface area contributed by atoms with E-state index < -0.39 is 0 Å². The molecule has 0 atom stereocenters. The van der Waals surface area contributed by atoms with E-state index >= 15 is 0 Å². The number of nitrogens with one attached hydrogen (secondary N) is 1. The van der Waals surface area contributed by atoms with Crippen LogP contribution in [0.5, 0.6) is 0 Å². The van der Waals surface area contributed by atoms with Crippen LogP contribution in [0.2, 0.25) is 0 Å². The zero-order valence-corrected chi connectivity index (χ0v) is 19.4. The van der Waals surface area contributed by atoms with Crippen molar-refractivity contribution in [3.05, 3.63) is 70.2 Å². The summed E-state index contributed by atoms with van der Waals surface area (Å²) < 4.78 is 1.13. The fraction of sp³-hybridized carbons (Fsp3) is 0.348. The minimum atomic E-state index is 0.250. The van der Waals surface area contributed by atoms with Gasteiger partial charge in [-0.1, -0.05) is 58.4 Å². The van der Waals surface area contributed by atoms with E-state index in [0.29, 0.717) is 17.9 Å². The van der Waals surface area contributed by atoms with Crippen molar-refractivity contribution in [2.24, 2.45) is 0 Å². The monoisotopic (exact) mass is 498 g/mol. The second kappa shape index (κ2) is 12.1. The highest BCUT2D eigenvalue weighted by molar-refractivity contribution is 9.10. The fourth-order valence-electron chi connectivity index (χ4n) is 3.97. The molecule has 0 amide bonds. The summed E-state index contributed by atoms with van der Waals surface area (Å²) in [6.07, 6.45) is 3.50. The van der Waals surface area contributed by atoms with Gasteiger partial charge in [0.25, 0.3) is 0 Å². The number of hydrogen-bond donors (Lipinski definition) is 2. The minimum absolute atomic E-state index is 0.250. The maximum Gasteiger partial charge on any atom is 0.373 e. The molecule has 32 heavy (non-hydrogen) atoms. The van der Waals surface area contributed by atoms with Gasteiger partial charge in [0.2, 0.25) is 11.9 Å². The number of rotatable bonds is 7. The molecule has 1 aliphatic rings. The Hall–Kier alpha value is -3.00. The van der Waals surface area contributed by atoms with Crippen molar-refractivity contribution in [3.63, 3.8) is 0 Å². The molecule has 4 rings (SSSR count). The summed E-state index contributed by atoms with van der Waals surface area (Å²) in [5.41, 5.74) is 8.43. The number of aromatic amines is 1. The van der Waals surface area contributed by atoms with E-state index in [2.05, 4.69) is 95.5 Å². The Labute approximate surface area is 195 Å². The van der Waals surface area contributed by atoms with Gasteiger partial charge in [-0.3, -0.25) is 4.90 Å². The Morgan fingerprint density at radius 1 is 1.06 bits per heavy atom. The molecule has 2 heterocycles. The second-order valence-electron chi connectivity index (χ2n) is 7.65. The summed E-state index contributed by atoms with van der Waals surface area (Å²) in [6, 6.07) is 20.0. The van der Waals surface area contributed by atoms with Crippen LogP contribution in [0.25, 0.3) is 0 Å². The van der Waals surface area contributed by atoms with Gasteiger partial charge in [0.05, 0.1) is 0 Å². The number of benzene rings is 2. The fourth-order valence-corrected chi connectivity index (χ4v) is 4.23. The number of halogens is 1. The van der Waals surface area contributed by atoms with Crippen LogP contribution in [0.3, 0.4) is 0 Å². The van der Waals surface area contributed by atoms with Crippen LogP contribution >= 0.6 is 15.9 Å². The van der Waals surface area contributed by atoms with Crippen LogP contribution < -0.4 is 10.6 Å². The predicted octanol–water partition coefficient (Wildman–Crippen LogP) is 3.28. The smallest absolute Gasteiger partial charge is 0.368 e. The topological polar surface area (TPSA) is 108 Å². The highest BCUT2D eigenvalue weighted by Gasteiger charge is 2.26.